The fourth-order valence-electron chi connectivity index (χ4n) is 5.21. The molecule has 2 aromatic carbocycles. The lowest BCUT2D eigenvalue weighted by molar-refractivity contribution is -0.144. The van der Waals surface area contributed by atoms with Crippen molar-refractivity contribution in [3.05, 3.63) is 75.1 Å². The zero-order valence-electron chi connectivity index (χ0n) is 22.6. The van der Waals surface area contributed by atoms with Crippen molar-refractivity contribution in [1.29, 1.82) is 0 Å². The Morgan fingerprint density at radius 3 is 2.21 bits per heavy atom. The molecule has 0 unspecified atom stereocenters. The quantitative estimate of drug-likeness (QED) is 0.408. The molecule has 0 fully saturated rings. The Kier molecular flexibility index (Phi) is 8.36. The van der Waals surface area contributed by atoms with Crippen LogP contribution < -0.4 is 19.5 Å². The Morgan fingerprint density at radius 1 is 1.03 bits per heavy atom. The van der Waals surface area contributed by atoms with Gasteiger partial charge in [-0.2, -0.15) is 0 Å². The van der Waals surface area contributed by atoms with Gasteiger partial charge in [-0.15, -0.1) is 0 Å². The summed E-state index contributed by atoms with van der Waals surface area (Å²) in [5, 5.41) is 4.04. The molecule has 1 aliphatic heterocycles. The molecule has 4 rings (SSSR count). The molecule has 0 amide bonds. The Bertz CT molecular complexity index is 1270. The van der Waals surface area contributed by atoms with Crippen LogP contribution in [0.25, 0.3) is 0 Å². The number of halogens is 1. The van der Waals surface area contributed by atoms with Gasteiger partial charge in [-0.3, -0.25) is 4.79 Å². The maximum Gasteiger partial charge on any atom is 0.337 e. The van der Waals surface area contributed by atoms with Crippen LogP contribution in [0.15, 0.2) is 58.9 Å². The van der Waals surface area contributed by atoms with Crippen LogP contribution in [0.3, 0.4) is 0 Å². The van der Waals surface area contributed by atoms with E-state index in [1.807, 2.05) is 45.0 Å². The van der Waals surface area contributed by atoms with Gasteiger partial charge in [0.05, 0.1) is 33.0 Å². The predicted molar refractivity (Wildman–Crippen MR) is 146 cm³/mol. The molecule has 0 bridgehead atoms. The molecule has 202 valence electrons. The standard InChI is InChI=1S/C30H34ClNO6/c1-7-16(2)38-30(34)26-17(3)32-22-12-19(18-8-10-21(31)11-9-18)13-23(33)28(22)27(26)20-14-24(35-4)29(37-6)25(15-20)36-5/h8-11,14-16,19,27,32H,7,12-13H2,1-6H3/t16-,19+,27+/m0/s1. The summed E-state index contributed by atoms with van der Waals surface area (Å²) in [5.74, 6) is 0.169. The molecule has 0 saturated carbocycles. The maximum atomic E-state index is 13.9. The average Bonchev–Trinajstić information content (AvgIpc) is 2.91. The molecule has 2 aliphatic rings. The molecule has 3 atom stereocenters. The van der Waals surface area contributed by atoms with Crippen molar-refractivity contribution in [2.24, 2.45) is 0 Å². The molecular weight excluding hydrogens is 506 g/mol. The number of benzene rings is 2. The molecular formula is C30H34ClNO6. The number of carbonyl (C=O) groups excluding carboxylic acids is 2. The van der Waals surface area contributed by atoms with E-state index in [2.05, 4.69) is 5.32 Å². The lowest BCUT2D eigenvalue weighted by atomic mass is 9.71. The first-order valence-electron chi connectivity index (χ1n) is 12.7. The van der Waals surface area contributed by atoms with Gasteiger partial charge in [0.25, 0.3) is 0 Å². The van der Waals surface area contributed by atoms with E-state index < -0.39 is 11.9 Å². The number of dihydropyridines is 1. The van der Waals surface area contributed by atoms with Crippen LogP contribution in [0.5, 0.6) is 17.2 Å². The molecule has 0 spiro atoms. The third-order valence-electron chi connectivity index (χ3n) is 7.29. The molecule has 7 nitrogen and oxygen atoms in total. The summed E-state index contributed by atoms with van der Waals surface area (Å²) < 4.78 is 22.5. The van der Waals surface area contributed by atoms with Crippen LogP contribution in [0.1, 0.15) is 63.0 Å². The number of methoxy groups -OCH3 is 3. The van der Waals surface area contributed by atoms with E-state index in [0.29, 0.717) is 63.9 Å². The first-order valence-corrected chi connectivity index (χ1v) is 13.1. The molecule has 0 aromatic heterocycles. The molecule has 0 radical (unpaired) electrons. The van der Waals surface area contributed by atoms with E-state index in [4.69, 9.17) is 30.5 Å². The van der Waals surface area contributed by atoms with E-state index in [1.165, 1.54) is 21.3 Å². The van der Waals surface area contributed by atoms with Crippen LogP contribution in [0.2, 0.25) is 5.02 Å². The summed E-state index contributed by atoms with van der Waals surface area (Å²) >= 11 is 6.09. The van der Waals surface area contributed by atoms with Gasteiger partial charge in [0, 0.05) is 34.3 Å². The van der Waals surface area contributed by atoms with E-state index in [0.717, 1.165) is 11.3 Å². The number of allylic oxidation sites excluding steroid dienone is 3. The summed E-state index contributed by atoms with van der Waals surface area (Å²) in [5.41, 5.74) is 4.15. The van der Waals surface area contributed by atoms with Gasteiger partial charge in [-0.05, 0) is 68.0 Å². The fourth-order valence-corrected chi connectivity index (χ4v) is 5.34. The summed E-state index contributed by atoms with van der Waals surface area (Å²) in [6.07, 6.45) is 1.34. The third-order valence-corrected chi connectivity index (χ3v) is 7.54. The lowest BCUT2D eigenvalue weighted by Crippen LogP contribution is -2.36. The fraction of sp³-hybridized carbons (Fsp3) is 0.400. The molecule has 0 saturated heterocycles. The van der Waals surface area contributed by atoms with Gasteiger partial charge in [-0.1, -0.05) is 30.7 Å². The zero-order chi connectivity index (χ0) is 27.6. The Hall–Kier alpha value is -3.45. The summed E-state index contributed by atoms with van der Waals surface area (Å²) in [7, 11) is 4.61. The monoisotopic (exact) mass is 539 g/mol. The maximum absolute atomic E-state index is 13.9. The summed E-state index contributed by atoms with van der Waals surface area (Å²) in [6, 6.07) is 11.2. The van der Waals surface area contributed by atoms with Gasteiger partial charge in [-0.25, -0.2) is 4.79 Å². The minimum atomic E-state index is -0.657. The number of esters is 1. The average molecular weight is 540 g/mol. The molecule has 38 heavy (non-hydrogen) atoms. The minimum Gasteiger partial charge on any atom is -0.493 e. The Morgan fingerprint density at radius 2 is 1.66 bits per heavy atom. The van der Waals surface area contributed by atoms with E-state index in [1.54, 1.807) is 12.1 Å². The molecule has 1 aliphatic carbocycles. The number of hydrogen-bond donors (Lipinski definition) is 1. The number of ether oxygens (including phenoxy) is 4. The number of Topliss-reactive ketones (excluding diaryl/α,β-unsaturated/α-hetero) is 1. The molecule has 8 heteroatoms. The van der Waals surface area contributed by atoms with Crippen LogP contribution in [0.4, 0.5) is 0 Å². The summed E-state index contributed by atoms with van der Waals surface area (Å²) in [4.78, 5) is 27.4. The third kappa shape index (κ3) is 5.25. The van der Waals surface area contributed by atoms with Crippen molar-refractivity contribution < 1.29 is 28.5 Å². The molecule has 1 heterocycles. The SMILES string of the molecule is CC[C@H](C)OC(=O)C1=C(C)NC2=C(C(=O)C[C@H](c3ccc(Cl)cc3)C2)[C@@H]1c1cc(OC)c(OC)c(OC)c1. The van der Waals surface area contributed by atoms with Crippen molar-refractivity contribution in [3.8, 4) is 17.2 Å². The van der Waals surface area contributed by atoms with Gasteiger partial charge in [0.1, 0.15) is 0 Å². The second-order valence-corrected chi connectivity index (χ2v) is 10.1. The minimum absolute atomic E-state index is 0.00646. The highest BCUT2D eigenvalue weighted by atomic mass is 35.5. The Balaban J connectivity index is 1.87. The lowest BCUT2D eigenvalue weighted by Gasteiger charge is -2.37. The second kappa shape index (κ2) is 11.5. The van der Waals surface area contributed by atoms with Crippen LogP contribution in [-0.4, -0.2) is 39.2 Å². The Labute approximate surface area is 228 Å². The second-order valence-electron chi connectivity index (χ2n) is 9.65. The normalized spacial score (nSPS) is 19.9. The topological polar surface area (TPSA) is 83.1 Å². The number of ketones is 1. The predicted octanol–water partition coefficient (Wildman–Crippen LogP) is 6.07. The highest BCUT2D eigenvalue weighted by Gasteiger charge is 2.42. The van der Waals surface area contributed by atoms with Gasteiger partial charge >= 0.3 is 5.97 Å². The number of nitrogens with one attached hydrogen (secondary N) is 1. The summed E-state index contributed by atoms with van der Waals surface area (Å²) in [6.45, 7) is 5.65. The van der Waals surface area contributed by atoms with Crippen molar-refractivity contribution in [2.75, 3.05) is 21.3 Å². The van der Waals surface area contributed by atoms with Crippen LogP contribution in [0, 0.1) is 0 Å². The van der Waals surface area contributed by atoms with E-state index >= 15 is 0 Å². The molecule has 1 N–H and O–H groups in total. The van der Waals surface area contributed by atoms with Crippen molar-refractivity contribution in [2.45, 2.75) is 58.0 Å². The largest absolute Gasteiger partial charge is 0.493 e. The highest BCUT2D eigenvalue weighted by molar-refractivity contribution is 6.30. The van der Waals surface area contributed by atoms with Crippen LogP contribution in [-0.2, 0) is 14.3 Å². The van der Waals surface area contributed by atoms with Gasteiger partial charge in [0.2, 0.25) is 5.75 Å². The van der Waals surface area contributed by atoms with Gasteiger partial charge in [0.15, 0.2) is 17.3 Å². The van der Waals surface area contributed by atoms with E-state index in [9.17, 15) is 9.59 Å². The van der Waals surface area contributed by atoms with Crippen molar-refractivity contribution >= 4 is 23.4 Å². The molecule has 2 aromatic rings. The zero-order valence-corrected chi connectivity index (χ0v) is 23.4. The first kappa shape index (κ1) is 27.6. The number of rotatable bonds is 8. The van der Waals surface area contributed by atoms with Crippen LogP contribution >= 0.6 is 11.6 Å². The van der Waals surface area contributed by atoms with E-state index in [-0.39, 0.29) is 17.8 Å². The number of hydrogen-bond acceptors (Lipinski definition) is 7. The smallest absolute Gasteiger partial charge is 0.337 e. The highest BCUT2D eigenvalue weighted by Crippen LogP contribution is 2.49. The number of carbonyl (C=O) groups is 2. The van der Waals surface area contributed by atoms with Crippen molar-refractivity contribution in [1.82, 2.24) is 5.32 Å². The van der Waals surface area contributed by atoms with Gasteiger partial charge < -0.3 is 24.3 Å². The first-order chi connectivity index (χ1) is 18.2. The van der Waals surface area contributed by atoms with Crippen molar-refractivity contribution in [3.63, 3.8) is 0 Å².